The topological polar surface area (TPSA) is 56.7 Å². The Morgan fingerprint density at radius 3 is 2.50 bits per heavy atom. The predicted molar refractivity (Wildman–Crippen MR) is 82.1 cm³/mol. The summed E-state index contributed by atoms with van der Waals surface area (Å²) in [6.07, 6.45) is 1.09. The molecule has 1 aliphatic heterocycles. The number of thiazole rings is 1. The van der Waals surface area contributed by atoms with Crippen LogP contribution in [0, 0.1) is 0 Å². The van der Waals surface area contributed by atoms with Crippen molar-refractivity contribution < 1.29 is 9.90 Å². The molecule has 0 saturated carbocycles. The van der Waals surface area contributed by atoms with Crippen molar-refractivity contribution in [3.05, 3.63) is 10.6 Å². The van der Waals surface area contributed by atoms with Gasteiger partial charge in [-0.25, -0.2) is 9.78 Å². The number of carbonyl (C=O) groups is 1. The van der Waals surface area contributed by atoms with Gasteiger partial charge in [0.25, 0.3) is 0 Å². The molecule has 1 N–H and O–H groups in total. The highest BCUT2D eigenvalue weighted by Crippen LogP contribution is 2.34. The number of carboxylic acid groups (broad SMARTS) is 1. The first-order chi connectivity index (χ1) is 9.29. The maximum absolute atomic E-state index is 11.4. The maximum Gasteiger partial charge on any atom is 0.347 e. The summed E-state index contributed by atoms with van der Waals surface area (Å²) in [5, 5.41) is 10.2. The highest BCUT2D eigenvalue weighted by atomic mass is 32.1. The fourth-order valence-corrected chi connectivity index (χ4v) is 3.50. The molecule has 0 bridgehead atoms. The summed E-state index contributed by atoms with van der Waals surface area (Å²) in [6.45, 7) is 9.96. The lowest BCUT2D eigenvalue weighted by atomic mass is 9.91. The number of hydrogen-bond donors (Lipinski definition) is 1. The molecule has 0 atom stereocenters. The molecule has 1 saturated heterocycles. The zero-order valence-electron chi connectivity index (χ0n) is 12.6. The van der Waals surface area contributed by atoms with Crippen molar-refractivity contribution in [1.82, 2.24) is 9.88 Å². The summed E-state index contributed by atoms with van der Waals surface area (Å²) in [5.74, 6) is -0.870. The lowest BCUT2D eigenvalue weighted by Gasteiger charge is -2.20. The van der Waals surface area contributed by atoms with E-state index >= 15 is 0 Å². The van der Waals surface area contributed by atoms with E-state index in [-0.39, 0.29) is 5.41 Å². The highest BCUT2D eigenvalue weighted by molar-refractivity contribution is 7.17. The quantitative estimate of drug-likeness (QED) is 0.907. The Labute approximate surface area is 124 Å². The first kappa shape index (κ1) is 15.3. The van der Waals surface area contributed by atoms with Gasteiger partial charge < -0.3 is 14.9 Å². The number of aromatic nitrogens is 1. The summed E-state index contributed by atoms with van der Waals surface area (Å²) in [4.78, 5) is 21.0. The molecule has 0 radical (unpaired) electrons. The Morgan fingerprint density at radius 1 is 1.25 bits per heavy atom. The Bertz CT molecular complexity index is 493. The molecule has 2 rings (SSSR count). The van der Waals surface area contributed by atoms with Gasteiger partial charge in [-0.05, 0) is 20.0 Å². The Kier molecular flexibility index (Phi) is 4.34. The molecule has 0 aromatic carbocycles. The number of aromatic carboxylic acids is 1. The lowest BCUT2D eigenvalue weighted by Crippen LogP contribution is -2.28. The molecule has 0 amide bonds. The molecule has 1 aromatic heterocycles. The zero-order valence-corrected chi connectivity index (χ0v) is 13.5. The summed E-state index contributed by atoms with van der Waals surface area (Å²) >= 11 is 1.31. The van der Waals surface area contributed by atoms with Crippen molar-refractivity contribution in [3.63, 3.8) is 0 Å². The monoisotopic (exact) mass is 297 g/mol. The maximum atomic E-state index is 11.4. The van der Waals surface area contributed by atoms with Crippen LogP contribution in [0.15, 0.2) is 0 Å². The SMILES string of the molecule is CN1CCCN(c2nc(C(C)(C)C)c(C(=O)O)s2)CC1. The van der Waals surface area contributed by atoms with Gasteiger partial charge in [-0.1, -0.05) is 32.1 Å². The van der Waals surface area contributed by atoms with E-state index in [0.29, 0.717) is 10.6 Å². The average Bonchev–Trinajstić information content (AvgIpc) is 2.68. The summed E-state index contributed by atoms with van der Waals surface area (Å²) in [6, 6.07) is 0. The number of likely N-dealkylation sites (N-methyl/N-ethyl adjacent to an activating group) is 1. The van der Waals surface area contributed by atoms with E-state index < -0.39 is 5.97 Å². The minimum absolute atomic E-state index is 0.245. The normalized spacial score (nSPS) is 18.1. The third-order valence-electron chi connectivity index (χ3n) is 3.51. The van der Waals surface area contributed by atoms with E-state index in [9.17, 15) is 9.90 Å². The van der Waals surface area contributed by atoms with E-state index in [1.165, 1.54) is 11.3 Å². The fraction of sp³-hybridized carbons (Fsp3) is 0.714. The van der Waals surface area contributed by atoms with Crippen LogP contribution in [0.1, 0.15) is 42.6 Å². The zero-order chi connectivity index (χ0) is 14.9. The standard InChI is InChI=1S/C14H23N3O2S/c1-14(2,3)11-10(12(18)19)20-13(15-11)17-7-5-6-16(4)8-9-17/h5-9H2,1-4H3,(H,18,19). The van der Waals surface area contributed by atoms with Crippen LogP contribution in [0.3, 0.4) is 0 Å². The second-order valence-corrected chi connectivity index (χ2v) is 7.35. The van der Waals surface area contributed by atoms with Gasteiger partial charge in [0.05, 0.1) is 5.69 Å². The van der Waals surface area contributed by atoms with Crippen molar-refractivity contribution in [2.45, 2.75) is 32.6 Å². The molecule has 1 aliphatic rings. The van der Waals surface area contributed by atoms with Crippen LogP contribution in [0.2, 0.25) is 0 Å². The summed E-state index contributed by atoms with van der Waals surface area (Å²) in [5.41, 5.74) is 0.452. The Hall–Kier alpha value is -1.14. The predicted octanol–water partition coefficient (Wildman–Crippen LogP) is 2.28. The van der Waals surface area contributed by atoms with Gasteiger partial charge in [0.1, 0.15) is 4.88 Å². The molecule has 0 aliphatic carbocycles. The molecular formula is C14H23N3O2S. The van der Waals surface area contributed by atoms with Gasteiger partial charge in [0.15, 0.2) is 5.13 Å². The lowest BCUT2D eigenvalue weighted by molar-refractivity contribution is 0.0699. The van der Waals surface area contributed by atoms with Crippen LogP contribution < -0.4 is 4.90 Å². The second-order valence-electron chi connectivity index (χ2n) is 6.37. The van der Waals surface area contributed by atoms with Gasteiger partial charge in [-0.3, -0.25) is 0 Å². The van der Waals surface area contributed by atoms with E-state index in [1.54, 1.807) is 0 Å². The molecule has 112 valence electrons. The summed E-state index contributed by atoms with van der Waals surface area (Å²) in [7, 11) is 2.12. The van der Waals surface area contributed by atoms with Crippen molar-refractivity contribution in [3.8, 4) is 0 Å². The van der Waals surface area contributed by atoms with Gasteiger partial charge in [-0.15, -0.1) is 0 Å². The first-order valence-corrected chi connectivity index (χ1v) is 7.79. The van der Waals surface area contributed by atoms with E-state index in [2.05, 4.69) is 21.8 Å². The molecule has 1 aromatic rings. The van der Waals surface area contributed by atoms with Crippen molar-refractivity contribution in [2.75, 3.05) is 38.1 Å². The van der Waals surface area contributed by atoms with Gasteiger partial charge in [0.2, 0.25) is 0 Å². The van der Waals surface area contributed by atoms with Gasteiger partial charge >= 0.3 is 5.97 Å². The average molecular weight is 297 g/mol. The molecule has 0 spiro atoms. The highest BCUT2D eigenvalue weighted by Gasteiger charge is 2.28. The third kappa shape index (κ3) is 3.30. The smallest absolute Gasteiger partial charge is 0.347 e. The van der Waals surface area contributed by atoms with Crippen LogP contribution in [0.25, 0.3) is 0 Å². The largest absolute Gasteiger partial charge is 0.477 e. The van der Waals surface area contributed by atoms with Crippen LogP contribution in [-0.2, 0) is 5.41 Å². The van der Waals surface area contributed by atoms with E-state index in [4.69, 9.17) is 0 Å². The third-order valence-corrected chi connectivity index (χ3v) is 4.61. The van der Waals surface area contributed by atoms with Crippen molar-refractivity contribution in [2.24, 2.45) is 0 Å². The molecule has 2 heterocycles. The molecule has 6 heteroatoms. The number of hydrogen-bond acceptors (Lipinski definition) is 5. The van der Waals surface area contributed by atoms with Crippen molar-refractivity contribution >= 4 is 22.4 Å². The molecule has 1 fully saturated rings. The molecular weight excluding hydrogens is 274 g/mol. The molecule has 20 heavy (non-hydrogen) atoms. The van der Waals surface area contributed by atoms with Crippen LogP contribution in [0.5, 0.6) is 0 Å². The minimum Gasteiger partial charge on any atom is -0.477 e. The Morgan fingerprint density at radius 2 is 1.95 bits per heavy atom. The second kappa shape index (κ2) is 5.69. The number of carboxylic acids is 1. The fourth-order valence-electron chi connectivity index (χ4n) is 2.34. The summed E-state index contributed by atoms with van der Waals surface area (Å²) < 4.78 is 0. The van der Waals surface area contributed by atoms with E-state index in [0.717, 1.165) is 37.7 Å². The van der Waals surface area contributed by atoms with Crippen molar-refractivity contribution in [1.29, 1.82) is 0 Å². The molecule has 5 nitrogen and oxygen atoms in total. The molecule has 0 unspecified atom stereocenters. The minimum atomic E-state index is -0.870. The van der Waals surface area contributed by atoms with Crippen LogP contribution in [0.4, 0.5) is 5.13 Å². The Balaban J connectivity index is 2.31. The number of anilines is 1. The number of rotatable bonds is 2. The van der Waals surface area contributed by atoms with Crippen LogP contribution >= 0.6 is 11.3 Å². The van der Waals surface area contributed by atoms with E-state index in [1.807, 2.05) is 20.8 Å². The number of nitrogens with zero attached hydrogens (tertiary/aromatic N) is 3. The van der Waals surface area contributed by atoms with Gasteiger partial charge in [0, 0.05) is 25.0 Å². The van der Waals surface area contributed by atoms with Crippen LogP contribution in [-0.4, -0.2) is 54.2 Å². The first-order valence-electron chi connectivity index (χ1n) is 6.97. The van der Waals surface area contributed by atoms with Gasteiger partial charge in [-0.2, -0.15) is 0 Å².